The van der Waals surface area contributed by atoms with E-state index < -0.39 is 6.17 Å². The van der Waals surface area contributed by atoms with Gasteiger partial charge in [0, 0.05) is 25.0 Å². The number of rotatable bonds is 3. The predicted molar refractivity (Wildman–Crippen MR) is 49.5 cm³/mol. The van der Waals surface area contributed by atoms with Gasteiger partial charge < -0.3 is 4.74 Å². The van der Waals surface area contributed by atoms with Crippen molar-refractivity contribution < 1.29 is 9.13 Å². The lowest BCUT2D eigenvalue weighted by atomic mass is 9.93. The van der Waals surface area contributed by atoms with Gasteiger partial charge in [0.1, 0.15) is 6.17 Å². The van der Waals surface area contributed by atoms with E-state index in [4.69, 9.17) is 4.74 Å². The van der Waals surface area contributed by atoms with Gasteiger partial charge in [0.2, 0.25) is 0 Å². The lowest BCUT2D eigenvalue weighted by Gasteiger charge is -2.37. The second-order valence-electron chi connectivity index (χ2n) is 4.41. The molecule has 0 aromatic rings. The van der Waals surface area contributed by atoms with Crippen LogP contribution in [0.3, 0.4) is 0 Å². The zero-order valence-electron chi connectivity index (χ0n) is 8.37. The van der Waals surface area contributed by atoms with Crippen molar-refractivity contribution in [1.29, 1.82) is 0 Å². The number of hydrogen-bond donors (Lipinski definition) is 0. The predicted octanol–water partition coefficient (Wildman–Crippen LogP) is 1.45. The number of fused-ring (bicyclic) bond motifs is 1. The highest BCUT2D eigenvalue weighted by Gasteiger charge is 2.46. The molecule has 3 heteroatoms. The van der Waals surface area contributed by atoms with Crippen molar-refractivity contribution in [2.24, 2.45) is 5.92 Å². The summed E-state index contributed by atoms with van der Waals surface area (Å²) in [5, 5.41) is 0. The molecule has 3 unspecified atom stereocenters. The third kappa shape index (κ3) is 1.72. The molecule has 2 saturated heterocycles. The highest BCUT2D eigenvalue weighted by Crippen LogP contribution is 2.35. The maximum absolute atomic E-state index is 13.5. The van der Waals surface area contributed by atoms with Gasteiger partial charge in [0.05, 0.1) is 12.7 Å². The van der Waals surface area contributed by atoms with Gasteiger partial charge in [-0.3, -0.25) is 4.90 Å². The molecular formula is C10H18FNO. The summed E-state index contributed by atoms with van der Waals surface area (Å²) in [4.78, 5) is 2.24. The Kier molecular flexibility index (Phi) is 2.56. The zero-order chi connectivity index (χ0) is 9.42. The van der Waals surface area contributed by atoms with Crippen LogP contribution in [0.2, 0.25) is 0 Å². The number of nitrogens with zero attached hydrogens (tertiary/aromatic N) is 1. The lowest BCUT2D eigenvalue weighted by Crippen LogP contribution is -2.46. The molecule has 3 atom stereocenters. The molecule has 0 aromatic heterocycles. The van der Waals surface area contributed by atoms with Crippen molar-refractivity contribution in [1.82, 2.24) is 4.90 Å². The summed E-state index contributed by atoms with van der Waals surface area (Å²) in [5.41, 5.74) is 0. The fourth-order valence-electron chi connectivity index (χ4n) is 2.29. The fourth-order valence-corrected chi connectivity index (χ4v) is 2.29. The molecule has 76 valence electrons. The highest BCUT2D eigenvalue weighted by molar-refractivity contribution is 4.99. The van der Waals surface area contributed by atoms with Crippen LogP contribution in [0.15, 0.2) is 0 Å². The summed E-state index contributed by atoms with van der Waals surface area (Å²) in [7, 11) is 0. The molecule has 2 nitrogen and oxygen atoms in total. The van der Waals surface area contributed by atoms with Crippen molar-refractivity contribution >= 4 is 0 Å². The van der Waals surface area contributed by atoms with Crippen LogP contribution >= 0.6 is 0 Å². The molecule has 0 aromatic carbocycles. The average Bonchev–Trinajstić information content (AvgIpc) is 2.23. The molecule has 0 spiro atoms. The Morgan fingerprint density at radius 1 is 1.54 bits per heavy atom. The molecule has 0 N–H and O–H groups in total. The molecule has 0 amide bonds. The normalized spacial score (nSPS) is 39.2. The fraction of sp³-hybridized carbons (Fsp3) is 1.00. The van der Waals surface area contributed by atoms with E-state index in [1.807, 2.05) is 13.8 Å². The van der Waals surface area contributed by atoms with Gasteiger partial charge in [0.25, 0.3) is 0 Å². The van der Waals surface area contributed by atoms with Crippen molar-refractivity contribution in [2.75, 3.05) is 19.7 Å². The Balaban J connectivity index is 1.84. The van der Waals surface area contributed by atoms with E-state index in [0.717, 1.165) is 13.0 Å². The Hall–Kier alpha value is -0.150. The Bertz CT molecular complexity index is 186. The molecule has 0 bridgehead atoms. The minimum absolute atomic E-state index is 0.135. The van der Waals surface area contributed by atoms with Crippen molar-refractivity contribution in [3.8, 4) is 0 Å². The third-order valence-electron chi connectivity index (χ3n) is 3.17. The monoisotopic (exact) mass is 187 g/mol. The van der Waals surface area contributed by atoms with Crippen LogP contribution in [0.4, 0.5) is 4.39 Å². The van der Waals surface area contributed by atoms with E-state index in [1.165, 1.54) is 0 Å². The van der Waals surface area contributed by atoms with E-state index in [1.54, 1.807) is 0 Å². The van der Waals surface area contributed by atoms with Crippen LogP contribution in [0.1, 0.15) is 20.3 Å². The quantitative estimate of drug-likeness (QED) is 0.663. The Morgan fingerprint density at radius 2 is 2.31 bits per heavy atom. The minimum atomic E-state index is -0.661. The number of ether oxygens (including phenoxy) is 1. The second kappa shape index (κ2) is 3.54. The molecule has 2 aliphatic heterocycles. The van der Waals surface area contributed by atoms with Crippen LogP contribution in [0, 0.1) is 5.92 Å². The van der Waals surface area contributed by atoms with Gasteiger partial charge in [-0.25, -0.2) is 4.39 Å². The van der Waals surface area contributed by atoms with Gasteiger partial charge in [0.15, 0.2) is 0 Å². The first kappa shape index (κ1) is 9.41. The Morgan fingerprint density at radius 3 is 2.77 bits per heavy atom. The SMILES string of the molecule is CC(C)OCC1C(F)CN2CCC12. The van der Waals surface area contributed by atoms with Gasteiger partial charge in [-0.1, -0.05) is 0 Å². The summed E-state index contributed by atoms with van der Waals surface area (Å²) in [6.07, 6.45) is 0.722. The van der Waals surface area contributed by atoms with Crippen LogP contribution in [0.25, 0.3) is 0 Å². The Labute approximate surface area is 79.1 Å². The first-order valence-electron chi connectivity index (χ1n) is 5.18. The molecule has 2 aliphatic rings. The summed E-state index contributed by atoms with van der Waals surface area (Å²) in [5.74, 6) is 0.135. The smallest absolute Gasteiger partial charge is 0.119 e. The molecule has 2 rings (SSSR count). The molecule has 0 aliphatic carbocycles. The van der Waals surface area contributed by atoms with Crippen molar-refractivity contribution in [2.45, 2.75) is 38.6 Å². The largest absolute Gasteiger partial charge is 0.378 e. The molecule has 0 radical (unpaired) electrons. The van der Waals surface area contributed by atoms with Crippen LogP contribution in [-0.4, -0.2) is 42.9 Å². The van der Waals surface area contributed by atoms with Crippen molar-refractivity contribution in [3.05, 3.63) is 0 Å². The topological polar surface area (TPSA) is 12.5 Å². The summed E-state index contributed by atoms with van der Waals surface area (Å²) in [6.45, 7) is 6.32. The van der Waals surface area contributed by atoms with Gasteiger partial charge in [-0.05, 0) is 20.3 Å². The van der Waals surface area contributed by atoms with E-state index in [2.05, 4.69) is 4.90 Å². The minimum Gasteiger partial charge on any atom is -0.378 e. The second-order valence-corrected chi connectivity index (χ2v) is 4.41. The number of halogens is 1. The van der Waals surface area contributed by atoms with E-state index in [-0.39, 0.29) is 12.0 Å². The standard InChI is InChI=1S/C10H18FNO/c1-7(2)13-6-8-9(11)5-12-4-3-10(8)12/h7-10H,3-6H2,1-2H3. The molecule has 13 heavy (non-hydrogen) atoms. The molecule has 2 fully saturated rings. The van der Waals surface area contributed by atoms with Gasteiger partial charge in [-0.15, -0.1) is 0 Å². The zero-order valence-corrected chi connectivity index (χ0v) is 8.37. The van der Waals surface area contributed by atoms with Crippen LogP contribution in [0.5, 0.6) is 0 Å². The highest BCUT2D eigenvalue weighted by atomic mass is 19.1. The van der Waals surface area contributed by atoms with E-state index >= 15 is 0 Å². The maximum atomic E-state index is 13.5. The summed E-state index contributed by atoms with van der Waals surface area (Å²) < 4.78 is 18.9. The van der Waals surface area contributed by atoms with Gasteiger partial charge >= 0.3 is 0 Å². The summed E-state index contributed by atoms with van der Waals surface area (Å²) in [6, 6.07) is 0.480. The first-order chi connectivity index (χ1) is 6.18. The van der Waals surface area contributed by atoms with Gasteiger partial charge in [-0.2, -0.15) is 0 Å². The number of alkyl halides is 1. The number of hydrogen-bond acceptors (Lipinski definition) is 2. The maximum Gasteiger partial charge on any atom is 0.119 e. The van der Waals surface area contributed by atoms with Crippen LogP contribution < -0.4 is 0 Å². The molecule has 0 saturated carbocycles. The van der Waals surface area contributed by atoms with E-state index in [0.29, 0.717) is 19.2 Å². The lowest BCUT2D eigenvalue weighted by molar-refractivity contribution is 0.0118. The van der Waals surface area contributed by atoms with Crippen LogP contribution in [-0.2, 0) is 4.74 Å². The average molecular weight is 187 g/mol. The first-order valence-corrected chi connectivity index (χ1v) is 5.18. The summed E-state index contributed by atoms with van der Waals surface area (Å²) >= 11 is 0. The third-order valence-corrected chi connectivity index (χ3v) is 3.17. The molecular weight excluding hydrogens is 169 g/mol. The molecule has 2 heterocycles. The van der Waals surface area contributed by atoms with Crippen molar-refractivity contribution in [3.63, 3.8) is 0 Å². The van der Waals surface area contributed by atoms with E-state index in [9.17, 15) is 4.39 Å².